The number of halogens is 1. The second-order valence-corrected chi connectivity index (χ2v) is 7.22. The number of unbranched alkanes of at least 4 members (excludes halogenated alkanes) is 2. The normalized spacial score (nSPS) is 17.1. The Morgan fingerprint density at radius 1 is 0.812 bits per heavy atom. The van der Waals surface area contributed by atoms with E-state index in [0.717, 1.165) is 11.8 Å². The van der Waals surface area contributed by atoms with Gasteiger partial charge in [-0.25, -0.2) is 0 Å². The summed E-state index contributed by atoms with van der Waals surface area (Å²) in [5.74, 6) is 1.83. The topological polar surface area (TPSA) is 0 Å². The van der Waals surface area contributed by atoms with Gasteiger partial charge < -0.3 is 0 Å². The average molecular weight is 291 g/mol. The predicted molar refractivity (Wildman–Crippen MR) is 79.3 cm³/mol. The van der Waals surface area contributed by atoms with Crippen LogP contribution in [0.1, 0.15) is 79.1 Å². The van der Waals surface area contributed by atoms with E-state index in [1.807, 2.05) is 0 Å². The van der Waals surface area contributed by atoms with Gasteiger partial charge in [-0.1, -0.05) is 88.6 Å². The van der Waals surface area contributed by atoms with Gasteiger partial charge in [0.1, 0.15) is 0 Å². The highest BCUT2D eigenvalue weighted by molar-refractivity contribution is 9.09. The lowest BCUT2D eigenvalue weighted by atomic mass is 9.93. The van der Waals surface area contributed by atoms with E-state index in [-0.39, 0.29) is 0 Å². The van der Waals surface area contributed by atoms with Crippen LogP contribution in [-0.2, 0) is 0 Å². The predicted octanol–water partition coefficient (Wildman–Crippen LogP) is 6.18. The van der Waals surface area contributed by atoms with E-state index >= 15 is 0 Å². The first-order valence-corrected chi connectivity index (χ1v) is 8.11. The molecule has 0 aromatic rings. The van der Waals surface area contributed by atoms with Crippen molar-refractivity contribution in [2.75, 3.05) is 0 Å². The van der Waals surface area contributed by atoms with Gasteiger partial charge in [-0.05, 0) is 18.3 Å². The second kappa shape index (κ2) is 10.6. The summed E-state index contributed by atoms with van der Waals surface area (Å²) in [4.78, 5) is 0.685. The zero-order valence-corrected chi connectivity index (χ0v) is 13.4. The molecule has 0 rings (SSSR count). The molecule has 0 spiro atoms. The lowest BCUT2D eigenvalue weighted by Gasteiger charge is -2.15. The molecule has 3 atom stereocenters. The highest BCUT2D eigenvalue weighted by Crippen LogP contribution is 2.21. The fraction of sp³-hybridized carbons (Fsp3) is 1.00. The Labute approximate surface area is 112 Å². The van der Waals surface area contributed by atoms with Crippen molar-refractivity contribution in [3.05, 3.63) is 0 Å². The molecular weight excluding hydrogens is 260 g/mol. The van der Waals surface area contributed by atoms with Crippen LogP contribution < -0.4 is 0 Å². The van der Waals surface area contributed by atoms with Crippen molar-refractivity contribution in [1.29, 1.82) is 0 Å². The smallest absolute Gasteiger partial charge is 0.0120 e. The van der Waals surface area contributed by atoms with Crippen molar-refractivity contribution in [1.82, 2.24) is 0 Å². The van der Waals surface area contributed by atoms with E-state index in [0.29, 0.717) is 4.83 Å². The zero-order chi connectivity index (χ0) is 12.4. The summed E-state index contributed by atoms with van der Waals surface area (Å²) >= 11 is 3.64. The van der Waals surface area contributed by atoms with Crippen LogP contribution in [-0.4, -0.2) is 4.83 Å². The molecule has 0 saturated heterocycles. The van der Waals surface area contributed by atoms with Crippen LogP contribution in [0.3, 0.4) is 0 Å². The highest BCUT2D eigenvalue weighted by atomic mass is 79.9. The Bertz CT molecular complexity index is 142. The highest BCUT2D eigenvalue weighted by Gasteiger charge is 2.07. The Morgan fingerprint density at radius 2 is 1.38 bits per heavy atom. The first kappa shape index (κ1) is 16.5. The van der Waals surface area contributed by atoms with E-state index in [2.05, 4.69) is 43.6 Å². The summed E-state index contributed by atoms with van der Waals surface area (Å²) in [6, 6.07) is 0. The third-order valence-electron chi connectivity index (χ3n) is 3.42. The molecule has 0 aliphatic carbocycles. The second-order valence-electron chi connectivity index (χ2n) is 5.65. The fourth-order valence-corrected chi connectivity index (χ4v) is 3.01. The fourth-order valence-electron chi connectivity index (χ4n) is 2.37. The van der Waals surface area contributed by atoms with Crippen LogP contribution in [0.2, 0.25) is 0 Å². The van der Waals surface area contributed by atoms with E-state index in [1.165, 1.54) is 51.4 Å². The Balaban J connectivity index is 3.35. The summed E-state index contributed by atoms with van der Waals surface area (Å²) in [5.41, 5.74) is 0. The molecule has 0 heterocycles. The summed E-state index contributed by atoms with van der Waals surface area (Å²) in [5, 5.41) is 0. The molecule has 0 aliphatic rings. The third-order valence-corrected chi connectivity index (χ3v) is 3.80. The molecule has 1 unspecified atom stereocenters. The van der Waals surface area contributed by atoms with Crippen LogP contribution in [0.25, 0.3) is 0 Å². The SMILES string of the molecule is CCCCC[C@@H](C)CCC[C@@H](C)CC(C)Br. The van der Waals surface area contributed by atoms with E-state index in [9.17, 15) is 0 Å². The standard InChI is InChI=1S/C15H31Br/c1-5-6-7-9-13(2)10-8-11-14(3)12-15(4)16/h13-15H,5-12H2,1-4H3/t13-,14-,15?/m1/s1. The van der Waals surface area contributed by atoms with Crippen molar-refractivity contribution < 1.29 is 0 Å². The minimum absolute atomic E-state index is 0.685. The van der Waals surface area contributed by atoms with E-state index < -0.39 is 0 Å². The summed E-state index contributed by atoms with van der Waals surface area (Å²) in [7, 11) is 0. The molecule has 0 aromatic carbocycles. The van der Waals surface area contributed by atoms with Crippen LogP contribution in [0.5, 0.6) is 0 Å². The number of hydrogen-bond donors (Lipinski definition) is 0. The summed E-state index contributed by atoms with van der Waals surface area (Å²) < 4.78 is 0. The minimum atomic E-state index is 0.685. The Hall–Kier alpha value is 0.480. The minimum Gasteiger partial charge on any atom is -0.0894 e. The largest absolute Gasteiger partial charge is 0.0894 e. The maximum absolute atomic E-state index is 3.64. The third kappa shape index (κ3) is 11.0. The summed E-state index contributed by atoms with van der Waals surface area (Å²) in [6.07, 6.45) is 11.2. The zero-order valence-electron chi connectivity index (χ0n) is 11.8. The molecule has 0 amide bonds. The molecule has 0 bridgehead atoms. The van der Waals surface area contributed by atoms with Crippen LogP contribution in [0, 0.1) is 11.8 Å². The van der Waals surface area contributed by atoms with Gasteiger partial charge in [-0.2, -0.15) is 0 Å². The lowest BCUT2D eigenvalue weighted by Crippen LogP contribution is -2.03. The molecule has 98 valence electrons. The first-order chi connectivity index (χ1) is 7.56. The van der Waals surface area contributed by atoms with Crippen LogP contribution in [0.4, 0.5) is 0 Å². The molecule has 1 heteroatoms. The average Bonchev–Trinajstić information content (AvgIpc) is 2.17. The quantitative estimate of drug-likeness (QED) is 0.333. The maximum Gasteiger partial charge on any atom is 0.0120 e. The molecule has 16 heavy (non-hydrogen) atoms. The molecule has 0 nitrogen and oxygen atoms in total. The number of hydrogen-bond acceptors (Lipinski definition) is 0. The summed E-state index contributed by atoms with van der Waals surface area (Å²) in [6.45, 7) is 9.35. The van der Waals surface area contributed by atoms with E-state index in [1.54, 1.807) is 0 Å². The van der Waals surface area contributed by atoms with Gasteiger partial charge in [0.05, 0.1) is 0 Å². The molecule has 0 radical (unpaired) electrons. The maximum atomic E-state index is 3.64. The molecule has 0 fully saturated rings. The van der Waals surface area contributed by atoms with Gasteiger partial charge in [0.25, 0.3) is 0 Å². The number of alkyl halides is 1. The van der Waals surface area contributed by atoms with Gasteiger partial charge in [-0.15, -0.1) is 0 Å². The van der Waals surface area contributed by atoms with Crippen LogP contribution in [0.15, 0.2) is 0 Å². The van der Waals surface area contributed by atoms with Crippen molar-refractivity contribution in [3.8, 4) is 0 Å². The van der Waals surface area contributed by atoms with Crippen molar-refractivity contribution in [2.45, 2.75) is 83.9 Å². The lowest BCUT2D eigenvalue weighted by molar-refractivity contribution is 0.402. The Kier molecular flexibility index (Phi) is 10.9. The van der Waals surface area contributed by atoms with Crippen LogP contribution >= 0.6 is 15.9 Å². The molecule has 0 N–H and O–H groups in total. The molecular formula is C15H31Br. The van der Waals surface area contributed by atoms with Gasteiger partial charge >= 0.3 is 0 Å². The number of rotatable bonds is 10. The van der Waals surface area contributed by atoms with Crippen molar-refractivity contribution in [2.24, 2.45) is 11.8 Å². The van der Waals surface area contributed by atoms with Crippen molar-refractivity contribution >= 4 is 15.9 Å². The molecule has 0 aromatic heterocycles. The van der Waals surface area contributed by atoms with Gasteiger partial charge in [-0.3, -0.25) is 0 Å². The van der Waals surface area contributed by atoms with Gasteiger partial charge in [0.2, 0.25) is 0 Å². The van der Waals surface area contributed by atoms with Gasteiger partial charge in [0, 0.05) is 4.83 Å². The first-order valence-electron chi connectivity index (χ1n) is 7.20. The molecule has 0 saturated carbocycles. The monoisotopic (exact) mass is 290 g/mol. The van der Waals surface area contributed by atoms with Gasteiger partial charge in [0.15, 0.2) is 0 Å². The Morgan fingerprint density at radius 3 is 1.94 bits per heavy atom. The molecule has 0 aliphatic heterocycles. The van der Waals surface area contributed by atoms with Crippen molar-refractivity contribution in [3.63, 3.8) is 0 Å². The van der Waals surface area contributed by atoms with E-state index in [4.69, 9.17) is 0 Å².